The lowest BCUT2D eigenvalue weighted by atomic mass is 9.88. The molecule has 3 aliphatic rings. The van der Waals surface area contributed by atoms with Gasteiger partial charge in [0.05, 0.1) is 36.4 Å². The molecule has 10 atom stereocenters. The number of epoxide rings is 1. The zero-order valence-electron chi connectivity index (χ0n) is 30.0. The number of amides is 1. The van der Waals surface area contributed by atoms with Crippen LogP contribution in [0.3, 0.4) is 0 Å². The molecule has 12 heteroatoms. The Kier molecular flexibility index (Phi) is 14.3. The van der Waals surface area contributed by atoms with Crippen molar-refractivity contribution in [3.63, 3.8) is 0 Å². The summed E-state index contributed by atoms with van der Waals surface area (Å²) in [5, 5.41) is 32.0. The van der Waals surface area contributed by atoms with Crippen LogP contribution in [0.2, 0.25) is 0 Å². The molecule has 1 amide bonds. The molecular formula is C36H58N2O10. The molecule has 2 saturated heterocycles. The molecule has 0 aromatic heterocycles. The van der Waals surface area contributed by atoms with E-state index in [4.69, 9.17) is 18.9 Å². The minimum atomic E-state index is -1.32. The van der Waals surface area contributed by atoms with Crippen LogP contribution in [0, 0.1) is 11.8 Å². The van der Waals surface area contributed by atoms with Crippen molar-refractivity contribution in [2.45, 2.75) is 128 Å². The monoisotopic (exact) mass is 678 g/mol. The lowest BCUT2D eigenvalue weighted by molar-refractivity contribution is -0.158. The summed E-state index contributed by atoms with van der Waals surface area (Å²) in [6.07, 6.45) is 5.55. The zero-order chi connectivity index (χ0) is 35.8. The number of cyclic esters (lactones) is 1. The number of nitrogens with zero attached hydrogens (tertiary/aromatic N) is 2. The second-order valence-electron chi connectivity index (χ2n) is 14.4. The van der Waals surface area contributed by atoms with E-state index in [-0.39, 0.29) is 37.4 Å². The Morgan fingerprint density at radius 3 is 2.50 bits per heavy atom. The summed E-state index contributed by atoms with van der Waals surface area (Å²) in [5.74, 6) is -1.56. The van der Waals surface area contributed by atoms with Crippen LogP contribution in [0.4, 0.5) is 4.79 Å². The first-order chi connectivity index (χ1) is 22.4. The van der Waals surface area contributed by atoms with Gasteiger partial charge in [-0.3, -0.25) is 9.59 Å². The maximum absolute atomic E-state index is 13.3. The van der Waals surface area contributed by atoms with E-state index in [1.165, 1.54) is 6.92 Å². The number of likely N-dealkylation sites (N-methyl/N-ethyl adjacent to an activating group) is 1. The van der Waals surface area contributed by atoms with E-state index >= 15 is 0 Å². The van der Waals surface area contributed by atoms with Gasteiger partial charge in [-0.05, 0) is 58.7 Å². The van der Waals surface area contributed by atoms with Gasteiger partial charge in [-0.25, -0.2) is 4.79 Å². The van der Waals surface area contributed by atoms with Crippen LogP contribution in [-0.2, 0) is 28.5 Å². The maximum atomic E-state index is 13.3. The van der Waals surface area contributed by atoms with Crippen molar-refractivity contribution in [3.05, 3.63) is 36.0 Å². The van der Waals surface area contributed by atoms with Crippen LogP contribution in [-0.4, -0.2) is 124 Å². The largest absolute Gasteiger partial charge is 0.457 e. The van der Waals surface area contributed by atoms with Crippen LogP contribution in [0.25, 0.3) is 0 Å². The summed E-state index contributed by atoms with van der Waals surface area (Å²) in [5.41, 5.74) is -1.81. The second-order valence-corrected chi connectivity index (χ2v) is 14.4. The van der Waals surface area contributed by atoms with E-state index in [0.29, 0.717) is 44.6 Å². The standard InChI is InChI=1S/C36H58N2O10/c1-9-28(41)25(4)33-29(46-33)22-35(6,44)15-10-11-23(2)32-24(3)12-13-30(45-26(5)39)36(7,16-14-27(40)21-31(42)47-32)48-34(43)38-19-17-37(8)18-20-38/h10-13,15,24-25,27-30,32-33,40-41,44H,9,14,16-22H2,1-8H3/b13-12?,15-10+,23-11+/t24?,25-,27?,28+,29-,30?,32?,33-,35?,36?/m1/s1. The Bertz CT molecular complexity index is 1190. The Hall–Kier alpha value is -2.77. The third kappa shape index (κ3) is 11.7. The van der Waals surface area contributed by atoms with E-state index in [1.54, 1.807) is 49.1 Å². The van der Waals surface area contributed by atoms with Crippen molar-refractivity contribution in [2.75, 3.05) is 33.2 Å². The predicted octanol–water partition coefficient (Wildman–Crippen LogP) is 3.53. The highest BCUT2D eigenvalue weighted by Gasteiger charge is 2.47. The van der Waals surface area contributed by atoms with E-state index in [0.717, 1.165) is 0 Å². The average molecular weight is 679 g/mol. The number of aliphatic hydroxyl groups excluding tert-OH is 2. The molecule has 0 aliphatic carbocycles. The molecule has 12 nitrogen and oxygen atoms in total. The van der Waals surface area contributed by atoms with E-state index < -0.39 is 59.6 Å². The maximum Gasteiger partial charge on any atom is 0.410 e. The van der Waals surface area contributed by atoms with Crippen molar-refractivity contribution in [1.29, 1.82) is 0 Å². The molecule has 0 radical (unpaired) electrons. The fourth-order valence-electron chi connectivity index (χ4n) is 6.33. The molecule has 2 fully saturated rings. The Labute approximate surface area is 285 Å². The van der Waals surface area contributed by atoms with Crippen molar-refractivity contribution < 1.29 is 48.7 Å². The quantitative estimate of drug-likeness (QED) is 0.102. The number of hydrogen-bond donors (Lipinski definition) is 3. The first-order valence-electron chi connectivity index (χ1n) is 17.3. The van der Waals surface area contributed by atoms with Crippen LogP contribution in [0.1, 0.15) is 80.6 Å². The molecule has 272 valence electrons. The van der Waals surface area contributed by atoms with Gasteiger partial charge >= 0.3 is 18.0 Å². The van der Waals surface area contributed by atoms with Gasteiger partial charge in [0.15, 0.2) is 11.7 Å². The number of esters is 2. The minimum absolute atomic E-state index is 0.0203. The Morgan fingerprint density at radius 1 is 1.21 bits per heavy atom. The third-order valence-electron chi connectivity index (χ3n) is 9.72. The number of allylic oxidation sites excluding steroid dienone is 2. The summed E-state index contributed by atoms with van der Waals surface area (Å²) >= 11 is 0. The lowest BCUT2D eigenvalue weighted by Gasteiger charge is -2.39. The molecule has 0 saturated carbocycles. The average Bonchev–Trinajstić information content (AvgIpc) is 3.77. The fourth-order valence-corrected chi connectivity index (χ4v) is 6.33. The first kappa shape index (κ1) is 39.7. The van der Waals surface area contributed by atoms with E-state index in [9.17, 15) is 29.7 Å². The molecule has 3 rings (SSSR count). The predicted molar refractivity (Wildman–Crippen MR) is 180 cm³/mol. The van der Waals surface area contributed by atoms with Gasteiger partial charge < -0.3 is 44.1 Å². The summed E-state index contributed by atoms with van der Waals surface area (Å²) < 4.78 is 23.4. The van der Waals surface area contributed by atoms with Crippen LogP contribution in [0.5, 0.6) is 0 Å². The van der Waals surface area contributed by atoms with Crippen molar-refractivity contribution >= 4 is 18.0 Å². The second kappa shape index (κ2) is 17.2. The highest BCUT2D eigenvalue weighted by Crippen LogP contribution is 2.38. The molecule has 0 spiro atoms. The van der Waals surface area contributed by atoms with E-state index in [2.05, 4.69) is 4.90 Å². The summed E-state index contributed by atoms with van der Waals surface area (Å²) in [7, 11) is 1.98. The molecular weight excluding hydrogens is 620 g/mol. The van der Waals surface area contributed by atoms with Crippen LogP contribution in [0.15, 0.2) is 36.0 Å². The zero-order valence-corrected chi connectivity index (χ0v) is 30.0. The first-order valence-corrected chi connectivity index (χ1v) is 17.3. The van der Waals surface area contributed by atoms with Crippen molar-refractivity contribution in [3.8, 4) is 0 Å². The number of ether oxygens (including phenoxy) is 4. The smallest absolute Gasteiger partial charge is 0.410 e. The normalized spacial score (nSPS) is 33.5. The summed E-state index contributed by atoms with van der Waals surface area (Å²) in [6, 6.07) is 0. The number of carbonyl (C=O) groups excluding carboxylic acids is 3. The van der Waals surface area contributed by atoms with Gasteiger partial charge in [0, 0.05) is 51.4 Å². The van der Waals surface area contributed by atoms with Gasteiger partial charge in [0.2, 0.25) is 0 Å². The molecule has 6 unspecified atom stereocenters. The van der Waals surface area contributed by atoms with Crippen molar-refractivity contribution in [1.82, 2.24) is 9.80 Å². The SMILES string of the molecule is CC[C@H](O)[C@@H](C)[C@H]1O[C@@H]1CC(C)(O)/C=C/C=C(\C)C1OC(=O)CC(O)CCC(C)(OC(=O)N2CCN(C)CC2)C(OC(C)=O)C=CC1C. The lowest BCUT2D eigenvalue weighted by Crippen LogP contribution is -2.52. The summed E-state index contributed by atoms with van der Waals surface area (Å²) in [6.45, 7) is 14.6. The molecule has 48 heavy (non-hydrogen) atoms. The topological polar surface area (TPSA) is 159 Å². The number of carbonyl (C=O) groups is 3. The molecule has 0 aromatic rings. The highest BCUT2D eigenvalue weighted by atomic mass is 16.6. The van der Waals surface area contributed by atoms with Crippen LogP contribution >= 0.6 is 0 Å². The number of aliphatic hydroxyl groups is 3. The van der Waals surface area contributed by atoms with Crippen LogP contribution < -0.4 is 0 Å². The fraction of sp³-hybridized carbons (Fsp3) is 0.750. The molecule has 0 aromatic carbocycles. The third-order valence-corrected chi connectivity index (χ3v) is 9.72. The summed E-state index contributed by atoms with van der Waals surface area (Å²) in [4.78, 5) is 42.2. The number of piperazine rings is 1. The van der Waals surface area contributed by atoms with Crippen molar-refractivity contribution in [2.24, 2.45) is 11.8 Å². The molecule has 3 aliphatic heterocycles. The Morgan fingerprint density at radius 2 is 1.88 bits per heavy atom. The van der Waals surface area contributed by atoms with Gasteiger partial charge in [0.1, 0.15) is 6.10 Å². The highest BCUT2D eigenvalue weighted by molar-refractivity contribution is 5.71. The molecule has 3 N–H and O–H groups in total. The van der Waals surface area contributed by atoms with Gasteiger partial charge in [-0.15, -0.1) is 0 Å². The number of rotatable bonds is 10. The van der Waals surface area contributed by atoms with Gasteiger partial charge in [0.25, 0.3) is 0 Å². The van der Waals surface area contributed by atoms with Gasteiger partial charge in [-0.1, -0.05) is 45.1 Å². The molecule has 3 heterocycles. The van der Waals surface area contributed by atoms with Gasteiger partial charge in [-0.2, -0.15) is 0 Å². The van der Waals surface area contributed by atoms with E-state index in [1.807, 2.05) is 34.7 Å². The number of hydrogen-bond acceptors (Lipinski definition) is 11. The minimum Gasteiger partial charge on any atom is -0.457 e. The molecule has 0 bridgehead atoms. The Balaban J connectivity index is 1.80.